The van der Waals surface area contributed by atoms with Crippen molar-refractivity contribution in [1.29, 1.82) is 0 Å². The first kappa shape index (κ1) is 17.9. The number of benzene rings is 1. The summed E-state index contributed by atoms with van der Waals surface area (Å²) in [6, 6.07) is 14.5. The van der Waals surface area contributed by atoms with Crippen LogP contribution in [0.1, 0.15) is 26.8 Å². The van der Waals surface area contributed by atoms with E-state index in [4.69, 9.17) is 16.0 Å². The van der Waals surface area contributed by atoms with Gasteiger partial charge in [-0.15, -0.1) is 11.3 Å². The van der Waals surface area contributed by atoms with Gasteiger partial charge < -0.3 is 9.73 Å². The number of rotatable bonds is 7. The lowest BCUT2D eigenvalue weighted by molar-refractivity contribution is 0.0922. The molecule has 3 rings (SSSR count). The number of hydrogen-bond acceptors (Lipinski definition) is 4. The Balaban J connectivity index is 1.53. The summed E-state index contributed by atoms with van der Waals surface area (Å²) in [5.41, 5.74) is 0.909. The molecule has 1 amide bonds. The van der Waals surface area contributed by atoms with Gasteiger partial charge in [0.15, 0.2) is 5.76 Å². The molecule has 0 aliphatic carbocycles. The first-order valence-corrected chi connectivity index (χ1v) is 10.3. The van der Waals surface area contributed by atoms with Gasteiger partial charge in [0.1, 0.15) is 5.76 Å². The SMILES string of the molecule is O=C(NCc1cccs1)c1ccc(C[S@@](=O)Cc2cccc(Cl)c2)o1. The number of carbonyl (C=O) groups excluding carboxylic acids is 1. The van der Waals surface area contributed by atoms with Crippen LogP contribution in [0.2, 0.25) is 5.02 Å². The molecule has 0 fully saturated rings. The second kappa shape index (κ2) is 8.47. The average Bonchev–Trinajstić information content (AvgIpc) is 3.24. The van der Waals surface area contributed by atoms with Gasteiger partial charge >= 0.3 is 0 Å². The third-order valence-electron chi connectivity index (χ3n) is 3.41. The molecular weight excluding hydrogens is 378 g/mol. The predicted molar refractivity (Wildman–Crippen MR) is 101 cm³/mol. The Morgan fingerprint density at radius 2 is 2.04 bits per heavy atom. The molecule has 25 heavy (non-hydrogen) atoms. The van der Waals surface area contributed by atoms with Crippen molar-refractivity contribution in [3.05, 3.63) is 80.9 Å². The fraction of sp³-hybridized carbons (Fsp3) is 0.167. The number of hydrogen-bond donors (Lipinski definition) is 1. The van der Waals surface area contributed by atoms with Gasteiger partial charge in [-0.1, -0.05) is 29.8 Å². The Morgan fingerprint density at radius 1 is 1.16 bits per heavy atom. The zero-order valence-electron chi connectivity index (χ0n) is 13.2. The second-order valence-electron chi connectivity index (χ2n) is 5.39. The Labute approximate surface area is 157 Å². The number of halogens is 1. The van der Waals surface area contributed by atoms with Crippen molar-refractivity contribution in [3.8, 4) is 0 Å². The monoisotopic (exact) mass is 393 g/mol. The fourth-order valence-corrected chi connectivity index (χ4v) is 4.25. The molecule has 130 valence electrons. The predicted octanol–water partition coefficient (Wildman–Crippen LogP) is 4.37. The van der Waals surface area contributed by atoms with Crippen LogP contribution in [0.4, 0.5) is 0 Å². The highest BCUT2D eigenvalue weighted by molar-refractivity contribution is 7.83. The van der Waals surface area contributed by atoms with E-state index in [0.29, 0.717) is 23.1 Å². The molecule has 0 unspecified atom stereocenters. The van der Waals surface area contributed by atoms with Crippen molar-refractivity contribution in [1.82, 2.24) is 5.32 Å². The van der Waals surface area contributed by atoms with Gasteiger partial charge in [-0.3, -0.25) is 9.00 Å². The number of furan rings is 1. The summed E-state index contributed by atoms with van der Waals surface area (Å²) in [5, 5.41) is 5.38. The second-order valence-corrected chi connectivity index (χ2v) is 8.31. The van der Waals surface area contributed by atoms with Gasteiger partial charge in [0, 0.05) is 26.5 Å². The summed E-state index contributed by atoms with van der Waals surface area (Å²) in [6.07, 6.45) is 0. The zero-order valence-corrected chi connectivity index (χ0v) is 15.6. The lowest BCUT2D eigenvalue weighted by Gasteiger charge is -2.02. The van der Waals surface area contributed by atoms with Crippen LogP contribution in [0, 0.1) is 0 Å². The smallest absolute Gasteiger partial charge is 0.287 e. The topological polar surface area (TPSA) is 59.3 Å². The molecule has 0 saturated heterocycles. The molecular formula is C18H16ClNO3S2. The Hall–Kier alpha value is -1.89. The largest absolute Gasteiger partial charge is 0.455 e. The van der Waals surface area contributed by atoms with Gasteiger partial charge in [-0.2, -0.15) is 0 Å². The molecule has 1 aromatic carbocycles. The lowest BCUT2D eigenvalue weighted by Crippen LogP contribution is -2.21. The van der Waals surface area contributed by atoms with E-state index in [1.165, 1.54) is 0 Å². The maximum absolute atomic E-state index is 12.3. The molecule has 4 nitrogen and oxygen atoms in total. The normalized spacial score (nSPS) is 12.0. The lowest BCUT2D eigenvalue weighted by atomic mass is 10.2. The van der Waals surface area contributed by atoms with Gasteiger partial charge in [0.05, 0.1) is 12.3 Å². The number of carbonyl (C=O) groups is 1. The van der Waals surface area contributed by atoms with Gasteiger partial charge in [0.25, 0.3) is 5.91 Å². The molecule has 0 aliphatic heterocycles. The van der Waals surface area contributed by atoms with E-state index in [2.05, 4.69) is 5.32 Å². The van der Waals surface area contributed by atoms with Crippen molar-refractivity contribution in [2.45, 2.75) is 18.1 Å². The van der Waals surface area contributed by atoms with Crippen LogP contribution >= 0.6 is 22.9 Å². The van der Waals surface area contributed by atoms with E-state index in [0.717, 1.165) is 10.4 Å². The van der Waals surface area contributed by atoms with Gasteiger partial charge in [-0.25, -0.2) is 0 Å². The summed E-state index contributed by atoms with van der Waals surface area (Å²) in [4.78, 5) is 13.1. The minimum absolute atomic E-state index is 0.228. The highest BCUT2D eigenvalue weighted by atomic mass is 35.5. The first-order chi connectivity index (χ1) is 12.1. The van der Waals surface area contributed by atoms with Crippen molar-refractivity contribution in [3.63, 3.8) is 0 Å². The van der Waals surface area contributed by atoms with E-state index >= 15 is 0 Å². The summed E-state index contributed by atoms with van der Waals surface area (Å²) in [5.74, 6) is 1.12. The van der Waals surface area contributed by atoms with Gasteiger partial charge in [-0.05, 0) is 41.3 Å². The molecule has 2 aromatic heterocycles. The van der Waals surface area contributed by atoms with Crippen LogP contribution in [0.15, 0.2) is 58.3 Å². The van der Waals surface area contributed by atoms with E-state index < -0.39 is 10.8 Å². The fourth-order valence-electron chi connectivity index (χ4n) is 2.27. The van der Waals surface area contributed by atoms with Crippen LogP contribution in [-0.4, -0.2) is 10.1 Å². The minimum Gasteiger partial charge on any atom is -0.455 e. The molecule has 0 radical (unpaired) electrons. The Morgan fingerprint density at radius 3 is 2.80 bits per heavy atom. The van der Waals surface area contributed by atoms with E-state index in [1.54, 1.807) is 35.6 Å². The third-order valence-corrected chi connectivity index (χ3v) is 5.78. The average molecular weight is 394 g/mol. The standard InChI is InChI=1S/C18H16ClNO3S2/c19-14-4-1-3-13(9-14)11-25(22)12-15-6-7-17(23-15)18(21)20-10-16-5-2-8-24-16/h1-9H,10-12H2,(H,20,21)/t25-/m0/s1. The van der Waals surface area contributed by atoms with Crippen LogP contribution in [0.3, 0.4) is 0 Å². The van der Waals surface area contributed by atoms with Crippen molar-refractivity contribution in [2.75, 3.05) is 0 Å². The first-order valence-electron chi connectivity index (χ1n) is 7.59. The molecule has 2 heterocycles. The number of nitrogens with one attached hydrogen (secondary N) is 1. The quantitative estimate of drug-likeness (QED) is 0.648. The highest BCUT2D eigenvalue weighted by Gasteiger charge is 2.13. The van der Waals surface area contributed by atoms with Crippen molar-refractivity contribution < 1.29 is 13.4 Å². The van der Waals surface area contributed by atoms with Crippen LogP contribution in [0.25, 0.3) is 0 Å². The summed E-state index contributed by atoms with van der Waals surface area (Å²) < 4.78 is 17.8. The summed E-state index contributed by atoms with van der Waals surface area (Å²) >= 11 is 7.51. The molecule has 0 bridgehead atoms. The minimum atomic E-state index is -1.14. The molecule has 1 N–H and O–H groups in total. The van der Waals surface area contributed by atoms with Crippen LogP contribution in [0.5, 0.6) is 0 Å². The molecule has 0 spiro atoms. The molecule has 0 aliphatic rings. The molecule has 0 saturated carbocycles. The maximum atomic E-state index is 12.3. The van der Waals surface area contributed by atoms with E-state index in [1.807, 2.05) is 29.6 Å². The Bertz CT molecular complexity index is 874. The van der Waals surface area contributed by atoms with E-state index in [-0.39, 0.29) is 17.4 Å². The zero-order chi connectivity index (χ0) is 17.6. The molecule has 1 atom stereocenters. The highest BCUT2D eigenvalue weighted by Crippen LogP contribution is 2.16. The number of thiophene rings is 1. The molecule has 7 heteroatoms. The van der Waals surface area contributed by atoms with Crippen LogP contribution < -0.4 is 5.32 Å². The third kappa shape index (κ3) is 5.29. The summed E-state index contributed by atoms with van der Waals surface area (Å²) in [6.45, 7) is 0.466. The van der Waals surface area contributed by atoms with Crippen molar-refractivity contribution in [2.24, 2.45) is 0 Å². The van der Waals surface area contributed by atoms with Crippen LogP contribution in [-0.2, 0) is 28.9 Å². The Kier molecular flexibility index (Phi) is 6.07. The van der Waals surface area contributed by atoms with Gasteiger partial charge in [0.2, 0.25) is 0 Å². The summed E-state index contributed by atoms with van der Waals surface area (Å²) in [7, 11) is -1.14. The molecule has 3 aromatic rings. The number of amides is 1. The maximum Gasteiger partial charge on any atom is 0.287 e. The van der Waals surface area contributed by atoms with E-state index in [9.17, 15) is 9.00 Å². The van der Waals surface area contributed by atoms with Crippen molar-refractivity contribution >= 4 is 39.6 Å².